The number of halogens is 1. The lowest BCUT2D eigenvalue weighted by Crippen LogP contribution is -2.03. The summed E-state index contributed by atoms with van der Waals surface area (Å²) < 4.78 is 6.92. The number of nitrogen functional groups attached to an aromatic ring is 1. The molecule has 2 N–H and O–H groups in total. The van der Waals surface area contributed by atoms with Gasteiger partial charge in [0.2, 0.25) is 0 Å². The summed E-state index contributed by atoms with van der Waals surface area (Å²) in [6, 6.07) is 0. The van der Waals surface area contributed by atoms with E-state index in [0.717, 1.165) is 26.2 Å². The molecule has 0 spiro atoms. The fourth-order valence-electron chi connectivity index (χ4n) is 0.999. The molecule has 1 rings (SSSR count). The molecule has 74 valence electrons. The molecule has 0 aliphatic heterocycles. The number of nitrogens with two attached hydrogens (primary N) is 1. The van der Waals surface area contributed by atoms with Gasteiger partial charge in [0, 0.05) is 26.0 Å². The highest BCUT2D eigenvalue weighted by molar-refractivity contribution is 6.32. The summed E-state index contributed by atoms with van der Waals surface area (Å²) in [5.74, 6) is 0.387. The SMILES string of the molecule is CCOCCCn1cc(Cl)c(N)n1. The Balaban J connectivity index is 2.29. The molecule has 1 aromatic heterocycles. The third-order valence-corrected chi connectivity index (χ3v) is 1.91. The Morgan fingerprint density at radius 1 is 1.69 bits per heavy atom. The smallest absolute Gasteiger partial charge is 0.164 e. The van der Waals surface area contributed by atoms with Crippen molar-refractivity contribution in [3.8, 4) is 0 Å². The van der Waals surface area contributed by atoms with Crippen molar-refractivity contribution >= 4 is 17.4 Å². The van der Waals surface area contributed by atoms with Crippen molar-refractivity contribution in [2.75, 3.05) is 18.9 Å². The van der Waals surface area contributed by atoms with Gasteiger partial charge < -0.3 is 10.5 Å². The average molecular weight is 204 g/mol. The second-order valence-corrected chi connectivity index (χ2v) is 3.08. The molecular formula is C8H14ClN3O. The first-order chi connectivity index (χ1) is 6.24. The van der Waals surface area contributed by atoms with E-state index >= 15 is 0 Å². The minimum atomic E-state index is 0.387. The van der Waals surface area contributed by atoms with Crippen LogP contribution in [0, 0.1) is 0 Å². The normalized spacial score (nSPS) is 10.6. The molecule has 0 unspecified atom stereocenters. The van der Waals surface area contributed by atoms with Crippen LogP contribution in [0.1, 0.15) is 13.3 Å². The first kappa shape index (κ1) is 10.3. The Kier molecular flexibility index (Phi) is 4.05. The number of anilines is 1. The Labute approximate surface area is 82.6 Å². The molecule has 1 aromatic rings. The fraction of sp³-hybridized carbons (Fsp3) is 0.625. The van der Waals surface area contributed by atoms with Crippen LogP contribution in [0.4, 0.5) is 5.82 Å². The summed E-state index contributed by atoms with van der Waals surface area (Å²) in [7, 11) is 0. The summed E-state index contributed by atoms with van der Waals surface area (Å²) in [5.41, 5.74) is 5.48. The predicted octanol–water partition coefficient (Wildman–Crippen LogP) is 1.55. The molecule has 0 aliphatic carbocycles. The minimum Gasteiger partial charge on any atom is -0.382 e. The maximum absolute atomic E-state index is 5.73. The minimum absolute atomic E-state index is 0.387. The molecule has 0 aliphatic rings. The number of hydrogen-bond acceptors (Lipinski definition) is 3. The van der Waals surface area contributed by atoms with Crippen LogP contribution in [0.5, 0.6) is 0 Å². The number of rotatable bonds is 5. The molecule has 1 heterocycles. The first-order valence-electron chi connectivity index (χ1n) is 4.30. The Hall–Kier alpha value is -0.740. The highest BCUT2D eigenvalue weighted by Gasteiger charge is 2.01. The van der Waals surface area contributed by atoms with Crippen LogP contribution in [-0.4, -0.2) is 23.0 Å². The lowest BCUT2D eigenvalue weighted by Gasteiger charge is -2.00. The topological polar surface area (TPSA) is 53.1 Å². The quantitative estimate of drug-likeness (QED) is 0.739. The van der Waals surface area contributed by atoms with Gasteiger partial charge in [-0.15, -0.1) is 0 Å². The van der Waals surface area contributed by atoms with Crippen molar-refractivity contribution in [1.29, 1.82) is 0 Å². The van der Waals surface area contributed by atoms with E-state index in [2.05, 4.69) is 5.10 Å². The summed E-state index contributed by atoms with van der Waals surface area (Å²) in [5, 5.41) is 4.53. The van der Waals surface area contributed by atoms with Gasteiger partial charge in [0.25, 0.3) is 0 Å². The van der Waals surface area contributed by atoms with E-state index in [4.69, 9.17) is 22.1 Å². The molecular weight excluding hydrogens is 190 g/mol. The summed E-state index contributed by atoms with van der Waals surface area (Å²) in [6.07, 6.45) is 2.65. The van der Waals surface area contributed by atoms with Crippen LogP contribution in [0.2, 0.25) is 5.02 Å². The lowest BCUT2D eigenvalue weighted by atomic mass is 10.4. The van der Waals surface area contributed by atoms with Gasteiger partial charge >= 0.3 is 0 Å². The van der Waals surface area contributed by atoms with E-state index in [1.54, 1.807) is 10.9 Å². The zero-order valence-electron chi connectivity index (χ0n) is 7.66. The van der Waals surface area contributed by atoms with Gasteiger partial charge in [0.15, 0.2) is 5.82 Å². The fourth-order valence-corrected chi connectivity index (χ4v) is 1.15. The predicted molar refractivity (Wildman–Crippen MR) is 52.8 cm³/mol. The Morgan fingerprint density at radius 3 is 3.00 bits per heavy atom. The molecule has 0 saturated carbocycles. The maximum atomic E-state index is 5.73. The number of hydrogen-bond donors (Lipinski definition) is 1. The van der Waals surface area contributed by atoms with Gasteiger partial charge in [-0.25, -0.2) is 0 Å². The van der Waals surface area contributed by atoms with Crippen LogP contribution in [0.25, 0.3) is 0 Å². The summed E-state index contributed by atoms with van der Waals surface area (Å²) in [6.45, 7) is 4.26. The molecule has 13 heavy (non-hydrogen) atoms. The third kappa shape index (κ3) is 3.24. The second-order valence-electron chi connectivity index (χ2n) is 2.68. The zero-order chi connectivity index (χ0) is 9.68. The van der Waals surface area contributed by atoms with E-state index in [-0.39, 0.29) is 0 Å². The van der Waals surface area contributed by atoms with Gasteiger partial charge in [-0.1, -0.05) is 11.6 Å². The molecule has 4 nitrogen and oxygen atoms in total. The maximum Gasteiger partial charge on any atom is 0.164 e. The van der Waals surface area contributed by atoms with Gasteiger partial charge in [0.1, 0.15) is 5.02 Å². The van der Waals surface area contributed by atoms with Crippen molar-refractivity contribution in [3.05, 3.63) is 11.2 Å². The van der Waals surface area contributed by atoms with Crippen LogP contribution >= 0.6 is 11.6 Å². The van der Waals surface area contributed by atoms with E-state index in [0.29, 0.717) is 10.8 Å². The van der Waals surface area contributed by atoms with Crippen LogP contribution in [-0.2, 0) is 11.3 Å². The molecule has 0 aromatic carbocycles. The molecule has 5 heteroatoms. The van der Waals surface area contributed by atoms with Crippen molar-refractivity contribution in [2.24, 2.45) is 0 Å². The zero-order valence-corrected chi connectivity index (χ0v) is 8.42. The third-order valence-electron chi connectivity index (χ3n) is 1.62. The van der Waals surface area contributed by atoms with Gasteiger partial charge in [-0.05, 0) is 13.3 Å². The van der Waals surface area contributed by atoms with Crippen LogP contribution in [0.3, 0.4) is 0 Å². The van der Waals surface area contributed by atoms with Crippen molar-refractivity contribution in [2.45, 2.75) is 19.9 Å². The number of aryl methyl sites for hydroxylation is 1. The van der Waals surface area contributed by atoms with Crippen LogP contribution in [0.15, 0.2) is 6.20 Å². The molecule has 0 bridgehead atoms. The monoisotopic (exact) mass is 203 g/mol. The number of nitrogens with zero attached hydrogens (tertiary/aromatic N) is 2. The van der Waals surface area contributed by atoms with Crippen LogP contribution < -0.4 is 5.73 Å². The Morgan fingerprint density at radius 2 is 2.46 bits per heavy atom. The number of ether oxygens (including phenoxy) is 1. The van der Waals surface area contributed by atoms with E-state index in [1.807, 2.05) is 6.92 Å². The van der Waals surface area contributed by atoms with Gasteiger partial charge in [-0.3, -0.25) is 4.68 Å². The van der Waals surface area contributed by atoms with Gasteiger partial charge in [0.05, 0.1) is 0 Å². The second kappa shape index (κ2) is 5.09. The molecule has 0 saturated heterocycles. The molecule has 0 amide bonds. The number of aromatic nitrogens is 2. The van der Waals surface area contributed by atoms with Crippen molar-refractivity contribution in [1.82, 2.24) is 9.78 Å². The highest BCUT2D eigenvalue weighted by atomic mass is 35.5. The lowest BCUT2D eigenvalue weighted by molar-refractivity contribution is 0.141. The summed E-state index contributed by atoms with van der Waals surface area (Å²) >= 11 is 5.73. The molecule has 0 fully saturated rings. The average Bonchev–Trinajstić information content (AvgIpc) is 2.41. The molecule has 0 radical (unpaired) electrons. The summed E-state index contributed by atoms with van der Waals surface area (Å²) in [4.78, 5) is 0. The first-order valence-corrected chi connectivity index (χ1v) is 4.68. The molecule has 0 atom stereocenters. The van der Waals surface area contributed by atoms with Crippen molar-refractivity contribution in [3.63, 3.8) is 0 Å². The van der Waals surface area contributed by atoms with E-state index < -0.39 is 0 Å². The standard InChI is InChI=1S/C8H14ClN3O/c1-2-13-5-3-4-12-6-7(9)8(10)11-12/h6H,2-5H2,1H3,(H2,10,11). The van der Waals surface area contributed by atoms with E-state index in [1.165, 1.54) is 0 Å². The van der Waals surface area contributed by atoms with E-state index in [9.17, 15) is 0 Å². The van der Waals surface area contributed by atoms with Crippen molar-refractivity contribution < 1.29 is 4.74 Å². The van der Waals surface area contributed by atoms with Gasteiger partial charge in [-0.2, -0.15) is 5.10 Å². The Bertz CT molecular complexity index is 242. The highest BCUT2D eigenvalue weighted by Crippen LogP contribution is 2.15. The largest absolute Gasteiger partial charge is 0.382 e.